The van der Waals surface area contributed by atoms with E-state index >= 15 is 0 Å². The van der Waals surface area contributed by atoms with Gasteiger partial charge in [-0.05, 0) is 13.8 Å². The largest absolute Gasteiger partial charge is 0.225 e. The summed E-state index contributed by atoms with van der Waals surface area (Å²) in [6.07, 6.45) is 0. The molecule has 0 aliphatic heterocycles. The Morgan fingerprint density at radius 1 is 1.11 bits per heavy atom. The Hall–Kier alpha value is -0.640. The van der Waals surface area contributed by atoms with Crippen LogP contribution >= 0.6 is 12.6 Å². The predicted octanol–water partition coefficient (Wildman–Crippen LogP) is 0.777. The minimum absolute atomic E-state index is 0.429. The Bertz CT molecular complexity index is 223. The second kappa shape index (κ2) is 2.31. The maximum absolute atomic E-state index is 3.96. The number of rotatable bonds is 0. The first-order valence-electron chi connectivity index (χ1n) is 2.57. The van der Waals surface area contributed by atoms with Gasteiger partial charge in [-0.15, -0.1) is 17.7 Å². The predicted molar refractivity (Wildman–Crippen MR) is 36.6 cm³/mol. The third-order valence-electron chi connectivity index (χ3n) is 1.08. The molecule has 0 atom stereocenters. The van der Waals surface area contributed by atoms with Gasteiger partial charge in [-0.25, -0.2) is 4.98 Å². The smallest absolute Gasteiger partial charge is 0.206 e. The fourth-order valence-corrected chi connectivity index (χ4v) is 0.640. The van der Waals surface area contributed by atoms with Crippen LogP contribution in [0.25, 0.3) is 0 Å². The molecule has 9 heavy (non-hydrogen) atoms. The maximum Gasteiger partial charge on any atom is 0.206 e. The van der Waals surface area contributed by atoms with Crippen molar-refractivity contribution in [2.45, 2.75) is 19.0 Å². The van der Waals surface area contributed by atoms with E-state index < -0.39 is 0 Å². The molecule has 0 aliphatic carbocycles. The van der Waals surface area contributed by atoms with E-state index in [4.69, 9.17) is 0 Å². The molecule has 1 rings (SSSR count). The molecule has 0 fully saturated rings. The highest BCUT2D eigenvalue weighted by Crippen LogP contribution is 1.99. The van der Waals surface area contributed by atoms with Gasteiger partial charge in [-0.3, -0.25) is 0 Å². The third kappa shape index (κ3) is 1.38. The number of hydrogen-bond donors (Lipinski definition) is 1. The van der Waals surface area contributed by atoms with Crippen molar-refractivity contribution in [3.63, 3.8) is 0 Å². The van der Waals surface area contributed by atoms with E-state index in [2.05, 4.69) is 27.8 Å². The number of aromatic nitrogens is 3. The van der Waals surface area contributed by atoms with Crippen LogP contribution in [0.2, 0.25) is 0 Å². The highest BCUT2D eigenvalue weighted by molar-refractivity contribution is 7.80. The average Bonchev–Trinajstić information content (AvgIpc) is 1.80. The molecule has 0 radical (unpaired) electrons. The summed E-state index contributed by atoms with van der Waals surface area (Å²) in [5, 5.41) is 7.86. The normalized spacial score (nSPS) is 9.67. The summed E-state index contributed by atoms with van der Waals surface area (Å²) in [6.45, 7) is 3.74. The van der Waals surface area contributed by atoms with Gasteiger partial charge >= 0.3 is 0 Å². The first-order chi connectivity index (χ1) is 4.20. The Kier molecular flexibility index (Phi) is 1.66. The Morgan fingerprint density at radius 2 is 1.78 bits per heavy atom. The van der Waals surface area contributed by atoms with Gasteiger partial charge in [0.05, 0.1) is 11.4 Å². The molecule has 0 amide bonds. The van der Waals surface area contributed by atoms with Gasteiger partial charge in [0.25, 0.3) is 0 Å². The zero-order chi connectivity index (χ0) is 6.85. The molecule has 0 N–H and O–H groups in total. The van der Waals surface area contributed by atoms with E-state index in [1.807, 2.05) is 13.8 Å². The van der Waals surface area contributed by atoms with E-state index in [1.165, 1.54) is 0 Å². The Balaban J connectivity index is 3.17. The van der Waals surface area contributed by atoms with Crippen LogP contribution in [0.15, 0.2) is 5.16 Å². The van der Waals surface area contributed by atoms with E-state index in [-0.39, 0.29) is 0 Å². The first-order valence-corrected chi connectivity index (χ1v) is 3.02. The number of nitrogens with zero attached hydrogens (tertiary/aromatic N) is 3. The standard InChI is InChI=1S/C5H7N3S/c1-3-4(2)7-8-5(9)6-3/h1-2H3,(H,6,8,9). The summed E-state index contributed by atoms with van der Waals surface area (Å²) in [6, 6.07) is 0. The van der Waals surface area contributed by atoms with Crippen molar-refractivity contribution in [2.75, 3.05) is 0 Å². The molecule has 0 bridgehead atoms. The summed E-state index contributed by atoms with van der Waals surface area (Å²) in [4.78, 5) is 3.96. The van der Waals surface area contributed by atoms with Crippen LogP contribution in [0.5, 0.6) is 0 Å². The molecule has 48 valence electrons. The SMILES string of the molecule is Cc1nnc(S)nc1C. The van der Waals surface area contributed by atoms with Gasteiger partial charge in [-0.2, -0.15) is 5.10 Å². The van der Waals surface area contributed by atoms with Crippen LogP contribution in [0, 0.1) is 13.8 Å². The second-order valence-corrected chi connectivity index (χ2v) is 2.18. The number of aryl methyl sites for hydroxylation is 2. The average molecular weight is 141 g/mol. The van der Waals surface area contributed by atoms with Crippen molar-refractivity contribution in [2.24, 2.45) is 0 Å². The van der Waals surface area contributed by atoms with E-state index in [0.717, 1.165) is 11.4 Å². The number of thiol groups is 1. The maximum atomic E-state index is 3.96. The molecule has 0 aromatic carbocycles. The van der Waals surface area contributed by atoms with Gasteiger partial charge in [-0.1, -0.05) is 0 Å². The minimum atomic E-state index is 0.429. The topological polar surface area (TPSA) is 38.7 Å². The van der Waals surface area contributed by atoms with Gasteiger partial charge < -0.3 is 0 Å². The minimum Gasteiger partial charge on any atom is -0.225 e. The van der Waals surface area contributed by atoms with Crippen molar-refractivity contribution in [1.82, 2.24) is 15.2 Å². The lowest BCUT2D eigenvalue weighted by Crippen LogP contribution is -1.95. The van der Waals surface area contributed by atoms with Crippen LogP contribution in [0.3, 0.4) is 0 Å². The van der Waals surface area contributed by atoms with Crippen LogP contribution in [-0.2, 0) is 0 Å². The highest BCUT2D eigenvalue weighted by Gasteiger charge is 1.94. The van der Waals surface area contributed by atoms with Gasteiger partial charge in [0, 0.05) is 0 Å². The fourth-order valence-electron chi connectivity index (χ4n) is 0.445. The monoisotopic (exact) mass is 141 g/mol. The number of hydrogen-bond acceptors (Lipinski definition) is 4. The molecule has 1 aromatic rings. The summed E-state index contributed by atoms with van der Waals surface area (Å²) < 4.78 is 0. The quantitative estimate of drug-likeness (QED) is 0.542. The van der Waals surface area contributed by atoms with Crippen LogP contribution < -0.4 is 0 Å². The molecule has 1 heterocycles. The Labute approximate surface area is 58.9 Å². The highest BCUT2D eigenvalue weighted by atomic mass is 32.1. The third-order valence-corrected chi connectivity index (χ3v) is 1.27. The first kappa shape index (κ1) is 6.48. The van der Waals surface area contributed by atoms with E-state index in [1.54, 1.807) is 0 Å². The van der Waals surface area contributed by atoms with Crippen molar-refractivity contribution in [3.05, 3.63) is 11.4 Å². The molecule has 0 aliphatic rings. The molecule has 0 saturated heterocycles. The summed E-state index contributed by atoms with van der Waals surface area (Å²) in [5.74, 6) is 0. The molecule has 0 saturated carbocycles. The molecule has 0 spiro atoms. The molecule has 0 unspecified atom stereocenters. The van der Waals surface area contributed by atoms with Crippen molar-refractivity contribution >= 4 is 12.6 Å². The van der Waals surface area contributed by atoms with Crippen molar-refractivity contribution in [1.29, 1.82) is 0 Å². The summed E-state index contributed by atoms with van der Waals surface area (Å²) in [7, 11) is 0. The van der Waals surface area contributed by atoms with Gasteiger partial charge in [0.15, 0.2) is 0 Å². The van der Waals surface area contributed by atoms with Crippen molar-refractivity contribution in [3.8, 4) is 0 Å². The zero-order valence-corrected chi connectivity index (χ0v) is 6.18. The zero-order valence-electron chi connectivity index (χ0n) is 5.29. The molecular formula is C5H7N3S. The lowest BCUT2D eigenvalue weighted by Gasteiger charge is -1.94. The molecular weight excluding hydrogens is 134 g/mol. The van der Waals surface area contributed by atoms with Crippen molar-refractivity contribution < 1.29 is 0 Å². The lowest BCUT2D eigenvalue weighted by molar-refractivity contribution is 0.793. The molecule has 1 aromatic heterocycles. The van der Waals surface area contributed by atoms with Crippen LogP contribution in [0.4, 0.5) is 0 Å². The summed E-state index contributed by atoms with van der Waals surface area (Å²) >= 11 is 3.92. The van der Waals surface area contributed by atoms with E-state index in [9.17, 15) is 0 Å². The van der Waals surface area contributed by atoms with Crippen LogP contribution in [-0.4, -0.2) is 15.2 Å². The summed E-state index contributed by atoms with van der Waals surface area (Å²) in [5.41, 5.74) is 1.74. The second-order valence-electron chi connectivity index (χ2n) is 1.78. The fraction of sp³-hybridized carbons (Fsp3) is 0.400. The Morgan fingerprint density at radius 3 is 2.22 bits per heavy atom. The van der Waals surface area contributed by atoms with Gasteiger partial charge in [0.2, 0.25) is 5.16 Å². The van der Waals surface area contributed by atoms with Gasteiger partial charge in [0.1, 0.15) is 0 Å². The van der Waals surface area contributed by atoms with Crippen LogP contribution in [0.1, 0.15) is 11.4 Å². The lowest BCUT2D eigenvalue weighted by atomic mass is 10.4. The van der Waals surface area contributed by atoms with E-state index in [0.29, 0.717) is 5.16 Å². The molecule has 3 nitrogen and oxygen atoms in total. The molecule has 4 heteroatoms.